The predicted molar refractivity (Wildman–Crippen MR) is 75.8 cm³/mol. The Morgan fingerprint density at radius 3 is 2.63 bits per heavy atom. The quantitative estimate of drug-likeness (QED) is 0.939. The molecule has 1 aromatic heterocycles. The Kier molecular flexibility index (Phi) is 3.57. The van der Waals surface area contributed by atoms with Crippen molar-refractivity contribution in [1.29, 1.82) is 0 Å². The van der Waals surface area contributed by atoms with Crippen molar-refractivity contribution in [3.05, 3.63) is 32.9 Å². The van der Waals surface area contributed by atoms with Crippen molar-refractivity contribution in [2.24, 2.45) is 7.05 Å². The van der Waals surface area contributed by atoms with E-state index in [-0.39, 0.29) is 11.2 Å². The summed E-state index contributed by atoms with van der Waals surface area (Å²) in [6, 6.07) is 3.05. The van der Waals surface area contributed by atoms with Crippen LogP contribution in [-0.2, 0) is 13.6 Å². The van der Waals surface area contributed by atoms with Gasteiger partial charge in [-0.1, -0.05) is 15.9 Å². The molecular formula is C13H16BrFN2O2. The Labute approximate surface area is 118 Å². The lowest BCUT2D eigenvalue weighted by Gasteiger charge is -2.16. The summed E-state index contributed by atoms with van der Waals surface area (Å²) in [7, 11) is 1.54. The molecule has 19 heavy (non-hydrogen) atoms. The molecule has 1 aromatic carbocycles. The Morgan fingerprint density at radius 2 is 2.05 bits per heavy atom. The molecule has 0 saturated heterocycles. The van der Waals surface area contributed by atoms with Crippen molar-refractivity contribution in [2.45, 2.75) is 32.4 Å². The number of hydrogen-bond acceptors (Lipinski definition) is 2. The van der Waals surface area contributed by atoms with Gasteiger partial charge in [-0.3, -0.25) is 9.13 Å². The Balaban J connectivity index is 2.61. The summed E-state index contributed by atoms with van der Waals surface area (Å²) >= 11 is 3.23. The summed E-state index contributed by atoms with van der Waals surface area (Å²) < 4.78 is 17.3. The summed E-state index contributed by atoms with van der Waals surface area (Å²) in [5.74, 6) is -0.439. The van der Waals surface area contributed by atoms with E-state index in [0.717, 1.165) is 0 Å². The second kappa shape index (κ2) is 4.76. The standard InChI is InChI=1S/C13H16BrFN2O2/c1-13(2,19)4-5-17-10-7-8(14)6-9(15)11(10)16(3)12(17)18/h6-7,19H,4-5H2,1-3H3. The van der Waals surface area contributed by atoms with Gasteiger partial charge in [0.25, 0.3) is 0 Å². The van der Waals surface area contributed by atoms with Crippen LogP contribution in [0.1, 0.15) is 20.3 Å². The van der Waals surface area contributed by atoms with Crippen LogP contribution in [0, 0.1) is 5.82 Å². The van der Waals surface area contributed by atoms with E-state index < -0.39 is 11.4 Å². The molecule has 104 valence electrons. The fourth-order valence-corrected chi connectivity index (χ4v) is 2.49. The van der Waals surface area contributed by atoms with Crippen molar-refractivity contribution < 1.29 is 9.50 Å². The van der Waals surface area contributed by atoms with Gasteiger partial charge < -0.3 is 5.11 Å². The molecular weight excluding hydrogens is 315 g/mol. The summed E-state index contributed by atoms with van der Waals surface area (Å²) in [4.78, 5) is 12.1. The molecule has 0 unspecified atom stereocenters. The number of fused-ring (bicyclic) bond motifs is 1. The number of halogens is 2. The monoisotopic (exact) mass is 330 g/mol. The zero-order valence-corrected chi connectivity index (χ0v) is 12.7. The van der Waals surface area contributed by atoms with Crippen LogP contribution in [-0.4, -0.2) is 19.8 Å². The first kappa shape index (κ1) is 14.3. The smallest absolute Gasteiger partial charge is 0.328 e. The van der Waals surface area contributed by atoms with Crippen LogP contribution in [0.3, 0.4) is 0 Å². The third-order valence-electron chi connectivity index (χ3n) is 3.10. The minimum atomic E-state index is -0.869. The normalized spacial score (nSPS) is 12.3. The van der Waals surface area contributed by atoms with Gasteiger partial charge >= 0.3 is 5.69 Å². The van der Waals surface area contributed by atoms with Gasteiger partial charge in [-0.15, -0.1) is 0 Å². The topological polar surface area (TPSA) is 47.2 Å². The first-order valence-electron chi connectivity index (χ1n) is 5.97. The molecule has 0 spiro atoms. The van der Waals surface area contributed by atoms with Gasteiger partial charge in [-0.25, -0.2) is 9.18 Å². The zero-order chi connectivity index (χ0) is 14.4. The van der Waals surface area contributed by atoms with Crippen molar-refractivity contribution in [3.8, 4) is 0 Å². The highest BCUT2D eigenvalue weighted by Crippen LogP contribution is 2.23. The molecule has 2 rings (SSSR count). The number of hydrogen-bond donors (Lipinski definition) is 1. The number of imidazole rings is 1. The van der Waals surface area contributed by atoms with E-state index in [9.17, 15) is 14.3 Å². The Hall–Kier alpha value is -1.14. The van der Waals surface area contributed by atoms with Crippen LogP contribution in [0.15, 0.2) is 21.4 Å². The van der Waals surface area contributed by atoms with Gasteiger partial charge in [0, 0.05) is 18.1 Å². The molecule has 0 radical (unpaired) electrons. The van der Waals surface area contributed by atoms with E-state index in [1.165, 1.54) is 15.2 Å². The van der Waals surface area contributed by atoms with Gasteiger partial charge in [-0.05, 0) is 32.4 Å². The highest BCUT2D eigenvalue weighted by Gasteiger charge is 2.18. The average Bonchev–Trinajstić information content (AvgIpc) is 2.48. The van der Waals surface area contributed by atoms with E-state index in [1.807, 2.05) is 0 Å². The second-order valence-electron chi connectivity index (χ2n) is 5.31. The highest BCUT2D eigenvalue weighted by molar-refractivity contribution is 9.10. The molecule has 0 aliphatic rings. The second-order valence-corrected chi connectivity index (χ2v) is 6.23. The number of nitrogens with zero attached hydrogens (tertiary/aromatic N) is 2. The largest absolute Gasteiger partial charge is 0.390 e. The molecule has 0 bridgehead atoms. The van der Waals surface area contributed by atoms with Crippen molar-refractivity contribution in [3.63, 3.8) is 0 Å². The molecule has 0 amide bonds. The molecule has 4 nitrogen and oxygen atoms in total. The van der Waals surface area contributed by atoms with Crippen molar-refractivity contribution in [1.82, 2.24) is 9.13 Å². The minimum Gasteiger partial charge on any atom is -0.390 e. The fourth-order valence-electron chi connectivity index (χ4n) is 2.07. The molecule has 2 aromatic rings. The van der Waals surface area contributed by atoms with Crippen LogP contribution in [0.25, 0.3) is 11.0 Å². The zero-order valence-electron chi connectivity index (χ0n) is 11.1. The number of rotatable bonds is 3. The number of aromatic nitrogens is 2. The summed E-state index contributed by atoms with van der Waals surface area (Å²) in [5, 5.41) is 9.75. The molecule has 0 saturated carbocycles. The van der Waals surface area contributed by atoms with Crippen LogP contribution >= 0.6 is 15.9 Å². The molecule has 0 aliphatic carbocycles. The van der Waals surface area contributed by atoms with E-state index >= 15 is 0 Å². The number of aliphatic hydroxyl groups is 1. The van der Waals surface area contributed by atoms with E-state index in [0.29, 0.717) is 23.0 Å². The maximum atomic E-state index is 13.9. The molecule has 6 heteroatoms. The van der Waals surface area contributed by atoms with Gasteiger partial charge in [0.2, 0.25) is 0 Å². The van der Waals surface area contributed by atoms with Gasteiger partial charge in [0.15, 0.2) is 0 Å². The maximum absolute atomic E-state index is 13.9. The molecule has 1 N–H and O–H groups in total. The van der Waals surface area contributed by atoms with Crippen LogP contribution in [0.2, 0.25) is 0 Å². The van der Waals surface area contributed by atoms with E-state index in [4.69, 9.17) is 0 Å². The Morgan fingerprint density at radius 1 is 1.42 bits per heavy atom. The lowest BCUT2D eigenvalue weighted by Crippen LogP contribution is -2.27. The third kappa shape index (κ3) is 2.74. The van der Waals surface area contributed by atoms with E-state index in [2.05, 4.69) is 15.9 Å². The molecule has 0 atom stereocenters. The number of aryl methyl sites for hydroxylation is 2. The van der Waals surface area contributed by atoms with E-state index in [1.54, 1.807) is 27.0 Å². The predicted octanol–water partition coefficient (Wildman–Crippen LogP) is 2.40. The first-order valence-corrected chi connectivity index (χ1v) is 6.76. The van der Waals surface area contributed by atoms with Crippen molar-refractivity contribution >= 4 is 27.0 Å². The number of benzene rings is 1. The summed E-state index contributed by atoms with van der Waals surface area (Å²) in [6.45, 7) is 3.70. The Bertz CT molecular complexity index is 682. The minimum absolute atomic E-state index is 0.281. The van der Waals surface area contributed by atoms with Gasteiger partial charge in [0.05, 0.1) is 11.1 Å². The average molecular weight is 331 g/mol. The van der Waals surface area contributed by atoms with Gasteiger partial charge in [0.1, 0.15) is 11.3 Å². The van der Waals surface area contributed by atoms with Crippen LogP contribution < -0.4 is 5.69 Å². The molecule has 0 aliphatic heterocycles. The summed E-state index contributed by atoms with van der Waals surface area (Å²) in [5.41, 5.74) is -0.338. The van der Waals surface area contributed by atoms with Crippen molar-refractivity contribution in [2.75, 3.05) is 0 Å². The third-order valence-corrected chi connectivity index (χ3v) is 3.56. The molecule has 1 heterocycles. The van der Waals surface area contributed by atoms with Crippen LogP contribution in [0.5, 0.6) is 0 Å². The fraction of sp³-hybridized carbons (Fsp3) is 0.462. The highest BCUT2D eigenvalue weighted by atomic mass is 79.9. The van der Waals surface area contributed by atoms with Crippen LogP contribution in [0.4, 0.5) is 4.39 Å². The maximum Gasteiger partial charge on any atom is 0.328 e. The van der Waals surface area contributed by atoms with Gasteiger partial charge in [-0.2, -0.15) is 0 Å². The lowest BCUT2D eigenvalue weighted by atomic mass is 10.1. The summed E-state index contributed by atoms with van der Waals surface area (Å²) in [6.07, 6.45) is 0.417. The first-order chi connectivity index (χ1) is 8.70. The lowest BCUT2D eigenvalue weighted by molar-refractivity contribution is 0.0662. The SMILES string of the molecule is Cn1c(=O)n(CCC(C)(C)O)c2cc(Br)cc(F)c21. The molecule has 0 fully saturated rings.